The average molecular weight is 651 g/mol. The molecule has 0 bridgehead atoms. The van der Waals surface area contributed by atoms with E-state index in [0.717, 1.165) is 35.4 Å². The number of halogens is 3. The van der Waals surface area contributed by atoms with Crippen molar-refractivity contribution < 1.29 is 23.0 Å². The molecule has 3 aliphatic rings. The summed E-state index contributed by atoms with van der Waals surface area (Å²) in [4.78, 5) is 16.5. The number of anilines is 1. The minimum absolute atomic E-state index is 0.0325. The van der Waals surface area contributed by atoms with Crippen LogP contribution in [0, 0.1) is 18.3 Å². The smallest absolute Gasteiger partial charge is 0.248 e. The number of piperidine rings is 1. The molecule has 254 valence electrons. The van der Waals surface area contributed by atoms with E-state index in [1.54, 1.807) is 12.4 Å². The zero-order valence-corrected chi connectivity index (χ0v) is 28.4. The van der Waals surface area contributed by atoms with E-state index in [2.05, 4.69) is 42.6 Å². The Hall–Kier alpha value is -3.20. The van der Waals surface area contributed by atoms with Gasteiger partial charge in [-0.25, -0.2) is 23.1 Å². The summed E-state index contributed by atoms with van der Waals surface area (Å²) < 4.78 is 51.9. The minimum atomic E-state index is -2.72. The fraction of sp³-hybridized carbons (Fsp3) is 0.605. The second-order valence-corrected chi connectivity index (χ2v) is 15.3. The van der Waals surface area contributed by atoms with Crippen LogP contribution >= 0.6 is 0 Å². The molecule has 1 saturated carbocycles. The highest BCUT2D eigenvalue weighted by atomic mass is 19.3. The molecule has 3 heterocycles. The number of rotatable bonds is 8. The molecule has 6 nitrogen and oxygen atoms in total. The van der Waals surface area contributed by atoms with Gasteiger partial charge in [-0.15, -0.1) is 0 Å². The summed E-state index contributed by atoms with van der Waals surface area (Å²) in [6, 6.07) is 7.44. The Morgan fingerprint density at radius 1 is 0.957 bits per heavy atom. The molecule has 0 radical (unpaired) electrons. The molecule has 1 aliphatic heterocycles. The lowest BCUT2D eigenvalue weighted by Crippen LogP contribution is -2.36. The summed E-state index contributed by atoms with van der Waals surface area (Å²) >= 11 is 0. The summed E-state index contributed by atoms with van der Waals surface area (Å²) in [6.45, 7) is 12.3. The number of aryl methyl sites for hydroxylation is 1. The van der Waals surface area contributed by atoms with Crippen molar-refractivity contribution >= 4 is 5.95 Å². The van der Waals surface area contributed by atoms with Crippen molar-refractivity contribution in [1.29, 1.82) is 0 Å². The van der Waals surface area contributed by atoms with E-state index >= 15 is 4.39 Å². The molecule has 1 N–H and O–H groups in total. The van der Waals surface area contributed by atoms with Crippen molar-refractivity contribution in [2.75, 3.05) is 24.6 Å². The van der Waals surface area contributed by atoms with Crippen LogP contribution in [-0.2, 0) is 6.42 Å². The average Bonchev–Trinajstić information content (AvgIpc) is 3.03. The Balaban J connectivity index is 1.39. The molecule has 2 atom stereocenters. The molecule has 9 heteroatoms. The van der Waals surface area contributed by atoms with E-state index < -0.39 is 18.2 Å². The van der Waals surface area contributed by atoms with Crippen LogP contribution in [0.3, 0.4) is 0 Å². The zero-order chi connectivity index (χ0) is 33.5. The molecule has 2 aliphatic carbocycles. The van der Waals surface area contributed by atoms with Gasteiger partial charge in [0.1, 0.15) is 0 Å². The number of aromatic nitrogens is 3. The molecule has 0 amide bonds. The van der Waals surface area contributed by atoms with E-state index in [0.29, 0.717) is 66.8 Å². The number of aliphatic hydroxyl groups excluding tert-OH is 1. The number of nitrogens with zero attached hydrogens (tertiary/aromatic N) is 4. The van der Waals surface area contributed by atoms with Crippen LogP contribution in [0.5, 0.6) is 5.75 Å². The second-order valence-electron chi connectivity index (χ2n) is 15.3. The third kappa shape index (κ3) is 7.45. The number of hydrogen-bond acceptors (Lipinski definition) is 6. The van der Waals surface area contributed by atoms with Gasteiger partial charge >= 0.3 is 0 Å². The minimum Gasteiger partial charge on any atom is -0.490 e. The van der Waals surface area contributed by atoms with Gasteiger partial charge in [-0.1, -0.05) is 57.5 Å². The van der Waals surface area contributed by atoms with E-state index in [9.17, 15) is 13.9 Å². The van der Waals surface area contributed by atoms with Gasteiger partial charge in [-0.3, -0.25) is 4.98 Å². The van der Waals surface area contributed by atoms with Crippen molar-refractivity contribution in [2.45, 2.75) is 116 Å². The highest BCUT2D eigenvalue weighted by Crippen LogP contribution is 2.52. The van der Waals surface area contributed by atoms with E-state index in [4.69, 9.17) is 9.72 Å². The third-order valence-electron chi connectivity index (χ3n) is 10.3. The lowest BCUT2D eigenvalue weighted by molar-refractivity contribution is -0.0385. The first-order valence-corrected chi connectivity index (χ1v) is 17.3. The maximum atomic E-state index is 17.2. The fourth-order valence-electron chi connectivity index (χ4n) is 7.77. The van der Waals surface area contributed by atoms with Crippen LogP contribution in [-0.4, -0.2) is 45.7 Å². The number of ether oxygens (including phenoxy) is 1. The van der Waals surface area contributed by atoms with E-state index in [1.165, 1.54) is 0 Å². The quantitative estimate of drug-likeness (QED) is 0.263. The van der Waals surface area contributed by atoms with Gasteiger partial charge < -0.3 is 14.7 Å². The van der Waals surface area contributed by atoms with Crippen molar-refractivity contribution in [1.82, 2.24) is 15.0 Å². The molecule has 2 fully saturated rings. The van der Waals surface area contributed by atoms with E-state index in [-0.39, 0.29) is 42.9 Å². The Kier molecular flexibility index (Phi) is 9.58. The Labute approximate surface area is 277 Å². The first-order chi connectivity index (χ1) is 22.3. The van der Waals surface area contributed by atoms with Crippen molar-refractivity contribution in [2.24, 2.45) is 11.3 Å². The standard InChI is InChI=1S/C38H49F3N4O2/c1-23(2)22-47-28-20-42-36(43-21-28)45-16-12-27(13-17-45)35-33(34(39)26-8-6-24(3)7-9-26)31(25-10-14-38(40,41)15-11-25)32-29(44-35)18-37(4,5)19-30(32)46/h6-9,20-21,23,25,27,30,34,46H,10-19,22H2,1-5H3/t30-,34-/m0/s1. The lowest BCUT2D eigenvalue weighted by atomic mass is 9.68. The van der Waals surface area contributed by atoms with Gasteiger partial charge in [0.05, 0.1) is 30.8 Å². The van der Waals surface area contributed by atoms with Crippen molar-refractivity contribution in [3.8, 4) is 5.75 Å². The maximum absolute atomic E-state index is 17.2. The molecule has 6 rings (SSSR count). The van der Waals surface area contributed by atoms with Crippen molar-refractivity contribution in [3.63, 3.8) is 0 Å². The number of pyridine rings is 1. The van der Waals surface area contributed by atoms with Crippen LogP contribution in [0.25, 0.3) is 0 Å². The van der Waals surface area contributed by atoms with Gasteiger partial charge in [0.15, 0.2) is 11.9 Å². The van der Waals surface area contributed by atoms with Gasteiger partial charge in [0.25, 0.3) is 0 Å². The first kappa shape index (κ1) is 33.7. The number of fused-ring (bicyclic) bond motifs is 1. The first-order valence-electron chi connectivity index (χ1n) is 17.3. The molecular weight excluding hydrogens is 601 g/mol. The van der Waals surface area contributed by atoms with Crippen LogP contribution in [0.1, 0.15) is 136 Å². The maximum Gasteiger partial charge on any atom is 0.248 e. The number of hydrogen-bond donors (Lipinski definition) is 1. The molecule has 0 unspecified atom stereocenters. The monoisotopic (exact) mass is 650 g/mol. The molecule has 2 aromatic heterocycles. The number of benzene rings is 1. The predicted octanol–water partition coefficient (Wildman–Crippen LogP) is 8.96. The van der Waals surface area contributed by atoms with Crippen LogP contribution in [0.15, 0.2) is 36.7 Å². The SMILES string of the molecule is Cc1ccc([C@H](F)c2c(C3CCN(c4ncc(OCC(C)C)cn4)CC3)nc3c(c2C2CCC(F)(F)CC2)[C@@H](O)CC(C)(C)C3)cc1. The second kappa shape index (κ2) is 13.4. The Bertz CT molecular complexity index is 1530. The summed E-state index contributed by atoms with van der Waals surface area (Å²) in [5.74, 6) is -1.33. The van der Waals surface area contributed by atoms with E-state index in [1.807, 2.05) is 31.2 Å². The summed E-state index contributed by atoms with van der Waals surface area (Å²) in [5, 5.41) is 11.6. The molecule has 3 aromatic rings. The summed E-state index contributed by atoms with van der Waals surface area (Å²) in [6.07, 6.45) is 3.82. The number of alkyl halides is 3. The van der Waals surface area contributed by atoms with Gasteiger partial charge in [-0.05, 0) is 73.8 Å². The van der Waals surface area contributed by atoms with Gasteiger partial charge in [0.2, 0.25) is 11.9 Å². The zero-order valence-electron chi connectivity index (χ0n) is 28.4. The molecule has 47 heavy (non-hydrogen) atoms. The Morgan fingerprint density at radius 3 is 2.21 bits per heavy atom. The predicted molar refractivity (Wildman–Crippen MR) is 178 cm³/mol. The van der Waals surface area contributed by atoms with Crippen LogP contribution < -0.4 is 9.64 Å². The Morgan fingerprint density at radius 2 is 1.60 bits per heavy atom. The highest BCUT2D eigenvalue weighted by molar-refractivity contribution is 5.51. The van der Waals surface area contributed by atoms with Crippen molar-refractivity contribution in [3.05, 3.63) is 75.9 Å². The molecule has 1 aromatic carbocycles. The number of aliphatic hydroxyl groups is 1. The fourth-order valence-corrected chi connectivity index (χ4v) is 7.77. The topological polar surface area (TPSA) is 71.4 Å². The summed E-state index contributed by atoms with van der Waals surface area (Å²) in [5.41, 5.74) is 4.85. The highest BCUT2D eigenvalue weighted by Gasteiger charge is 2.43. The van der Waals surface area contributed by atoms with Gasteiger partial charge in [0, 0.05) is 48.7 Å². The summed E-state index contributed by atoms with van der Waals surface area (Å²) in [7, 11) is 0. The molecule has 1 saturated heterocycles. The normalized spacial score (nSPS) is 22.3. The molecular formula is C38H49F3N4O2. The molecule has 0 spiro atoms. The largest absolute Gasteiger partial charge is 0.490 e. The van der Waals surface area contributed by atoms with Crippen LogP contribution in [0.4, 0.5) is 19.1 Å². The van der Waals surface area contributed by atoms with Crippen LogP contribution in [0.2, 0.25) is 0 Å². The third-order valence-corrected chi connectivity index (χ3v) is 10.3. The lowest BCUT2D eigenvalue weighted by Gasteiger charge is -2.41. The van der Waals surface area contributed by atoms with Gasteiger partial charge in [-0.2, -0.15) is 0 Å².